The minimum Gasteiger partial charge on any atom is -0.481 e. The van der Waals surface area contributed by atoms with Crippen LogP contribution in [0.1, 0.15) is 47.0 Å². The second kappa shape index (κ2) is 9.78. The third-order valence-corrected chi connectivity index (χ3v) is 3.23. The summed E-state index contributed by atoms with van der Waals surface area (Å²) in [5.74, 6) is -1.05. The van der Waals surface area contributed by atoms with Gasteiger partial charge in [0.2, 0.25) is 5.91 Å². The van der Waals surface area contributed by atoms with Crippen LogP contribution < -0.4 is 10.6 Å². The summed E-state index contributed by atoms with van der Waals surface area (Å²) in [5, 5.41) is 14.9. The van der Waals surface area contributed by atoms with E-state index in [1.54, 1.807) is 6.92 Å². The van der Waals surface area contributed by atoms with Gasteiger partial charge >= 0.3 is 5.97 Å². The number of hydrogen-bond donors (Lipinski definition) is 3. The maximum Gasteiger partial charge on any atom is 0.306 e. The monoisotopic (exact) mass is 272 g/mol. The first-order valence-corrected chi connectivity index (χ1v) is 7.12. The van der Waals surface area contributed by atoms with Crippen molar-refractivity contribution in [3.05, 3.63) is 0 Å². The molecule has 0 bridgehead atoms. The molecule has 0 saturated heterocycles. The van der Waals surface area contributed by atoms with Crippen molar-refractivity contribution >= 4 is 11.9 Å². The molecule has 3 atom stereocenters. The lowest BCUT2D eigenvalue weighted by Gasteiger charge is -2.18. The molecule has 0 aromatic heterocycles. The zero-order valence-corrected chi connectivity index (χ0v) is 12.5. The van der Waals surface area contributed by atoms with Crippen LogP contribution in [-0.4, -0.2) is 36.1 Å². The lowest BCUT2D eigenvalue weighted by Crippen LogP contribution is -2.39. The van der Waals surface area contributed by atoms with E-state index in [0.29, 0.717) is 13.0 Å². The highest BCUT2D eigenvalue weighted by Crippen LogP contribution is 2.10. The van der Waals surface area contributed by atoms with Gasteiger partial charge in [0.15, 0.2) is 0 Å². The van der Waals surface area contributed by atoms with Crippen molar-refractivity contribution in [2.24, 2.45) is 11.8 Å². The fourth-order valence-corrected chi connectivity index (χ4v) is 1.76. The Bertz CT molecular complexity index is 282. The van der Waals surface area contributed by atoms with Gasteiger partial charge < -0.3 is 15.7 Å². The Kier molecular flexibility index (Phi) is 9.21. The number of carboxylic acids is 1. The molecule has 0 aliphatic carbocycles. The Labute approximate surface area is 116 Å². The van der Waals surface area contributed by atoms with Crippen LogP contribution in [0.2, 0.25) is 0 Å². The van der Waals surface area contributed by atoms with Crippen LogP contribution >= 0.6 is 0 Å². The molecule has 3 unspecified atom stereocenters. The number of aliphatic carboxylic acids is 1. The molecule has 0 aromatic rings. The lowest BCUT2D eigenvalue weighted by molar-refractivity contribution is -0.141. The summed E-state index contributed by atoms with van der Waals surface area (Å²) < 4.78 is 0. The standard InChI is InChI=1S/C14H28N2O3/c1-5-15-9-11(3)13(17)16-12(4)8-6-7-10(2)14(18)19/h10-12,15H,5-9H2,1-4H3,(H,16,17)(H,18,19). The van der Waals surface area contributed by atoms with Gasteiger partial charge in [-0.3, -0.25) is 9.59 Å². The molecule has 0 aliphatic heterocycles. The molecule has 0 heterocycles. The Morgan fingerprint density at radius 3 is 2.26 bits per heavy atom. The molecule has 5 heteroatoms. The normalized spacial score (nSPS) is 15.6. The van der Waals surface area contributed by atoms with Crippen molar-refractivity contribution < 1.29 is 14.7 Å². The summed E-state index contributed by atoms with van der Waals surface area (Å²) in [5.41, 5.74) is 0. The van der Waals surface area contributed by atoms with Gasteiger partial charge in [-0.2, -0.15) is 0 Å². The van der Waals surface area contributed by atoms with Gasteiger partial charge in [0.1, 0.15) is 0 Å². The molecule has 112 valence electrons. The predicted octanol–water partition coefficient (Wildman–Crippen LogP) is 1.63. The molecule has 0 aliphatic rings. The molecular formula is C14H28N2O3. The van der Waals surface area contributed by atoms with E-state index in [0.717, 1.165) is 19.4 Å². The number of carbonyl (C=O) groups excluding carboxylic acids is 1. The van der Waals surface area contributed by atoms with Crippen LogP contribution in [0.5, 0.6) is 0 Å². The van der Waals surface area contributed by atoms with Gasteiger partial charge in [-0.15, -0.1) is 0 Å². The van der Waals surface area contributed by atoms with Gasteiger partial charge in [-0.25, -0.2) is 0 Å². The van der Waals surface area contributed by atoms with Crippen molar-refractivity contribution in [1.82, 2.24) is 10.6 Å². The Morgan fingerprint density at radius 2 is 1.74 bits per heavy atom. The zero-order valence-electron chi connectivity index (χ0n) is 12.5. The fraction of sp³-hybridized carbons (Fsp3) is 0.857. The zero-order chi connectivity index (χ0) is 14.8. The topological polar surface area (TPSA) is 78.4 Å². The van der Waals surface area contributed by atoms with Crippen molar-refractivity contribution in [3.8, 4) is 0 Å². The molecule has 19 heavy (non-hydrogen) atoms. The van der Waals surface area contributed by atoms with Gasteiger partial charge in [0.05, 0.1) is 5.92 Å². The first-order valence-electron chi connectivity index (χ1n) is 7.12. The molecule has 3 N–H and O–H groups in total. The van der Waals surface area contributed by atoms with Crippen molar-refractivity contribution in [3.63, 3.8) is 0 Å². The molecule has 0 fully saturated rings. The highest BCUT2D eigenvalue weighted by atomic mass is 16.4. The summed E-state index contributed by atoms with van der Waals surface area (Å²) >= 11 is 0. The van der Waals surface area contributed by atoms with Crippen molar-refractivity contribution in [2.75, 3.05) is 13.1 Å². The maximum absolute atomic E-state index is 11.8. The summed E-state index contributed by atoms with van der Waals surface area (Å²) in [4.78, 5) is 22.5. The average molecular weight is 272 g/mol. The molecule has 1 amide bonds. The van der Waals surface area contributed by atoms with Gasteiger partial charge in [-0.1, -0.05) is 27.2 Å². The van der Waals surface area contributed by atoms with E-state index in [1.807, 2.05) is 20.8 Å². The quantitative estimate of drug-likeness (QED) is 0.565. The van der Waals surface area contributed by atoms with Crippen LogP contribution in [0.4, 0.5) is 0 Å². The smallest absolute Gasteiger partial charge is 0.306 e. The summed E-state index contributed by atoms with van der Waals surface area (Å²) in [7, 11) is 0. The molecule has 0 saturated carbocycles. The van der Waals surface area contributed by atoms with E-state index in [-0.39, 0.29) is 23.8 Å². The Morgan fingerprint density at radius 1 is 1.11 bits per heavy atom. The molecule has 0 radical (unpaired) electrons. The van der Waals surface area contributed by atoms with E-state index in [2.05, 4.69) is 10.6 Å². The molecule has 0 rings (SSSR count). The third-order valence-electron chi connectivity index (χ3n) is 3.23. The number of rotatable bonds is 10. The highest BCUT2D eigenvalue weighted by molar-refractivity contribution is 5.78. The van der Waals surface area contributed by atoms with Crippen molar-refractivity contribution in [2.45, 2.75) is 53.0 Å². The summed E-state index contributed by atoms with van der Waals surface area (Å²) in [6, 6.07) is 0.0950. The van der Waals surface area contributed by atoms with Crippen LogP contribution in [0.25, 0.3) is 0 Å². The van der Waals surface area contributed by atoms with E-state index < -0.39 is 5.97 Å². The number of hydrogen-bond acceptors (Lipinski definition) is 3. The SMILES string of the molecule is CCNCC(C)C(=O)NC(C)CCCC(C)C(=O)O. The fourth-order valence-electron chi connectivity index (χ4n) is 1.76. The minimum atomic E-state index is -0.754. The minimum absolute atomic E-state index is 0.0413. The van der Waals surface area contributed by atoms with Crippen LogP contribution in [0.15, 0.2) is 0 Å². The second-order valence-electron chi connectivity index (χ2n) is 5.29. The predicted molar refractivity (Wildman–Crippen MR) is 76.0 cm³/mol. The van der Waals surface area contributed by atoms with Gasteiger partial charge in [0.25, 0.3) is 0 Å². The van der Waals surface area contributed by atoms with E-state index >= 15 is 0 Å². The first-order chi connectivity index (χ1) is 8.88. The van der Waals surface area contributed by atoms with E-state index in [1.165, 1.54) is 0 Å². The molecule has 0 spiro atoms. The van der Waals surface area contributed by atoms with Crippen LogP contribution in [-0.2, 0) is 9.59 Å². The van der Waals surface area contributed by atoms with E-state index in [4.69, 9.17) is 5.11 Å². The number of carbonyl (C=O) groups is 2. The Hall–Kier alpha value is -1.10. The molecular weight excluding hydrogens is 244 g/mol. The van der Waals surface area contributed by atoms with Crippen LogP contribution in [0.3, 0.4) is 0 Å². The van der Waals surface area contributed by atoms with Gasteiger partial charge in [0, 0.05) is 18.5 Å². The highest BCUT2D eigenvalue weighted by Gasteiger charge is 2.15. The van der Waals surface area contributed by atoms with Crippen molar-refractivity contribution in [1.29, 1.82) is 0 Å². The second-order valence-corrected chi connectivity index (χ2v) is 5.29. The average Bonchev–Trinajstić information content (AvgIpc) is 2.35. The molecule has 5 nitrogen and oxygen atoms in total. The van der Waals surface area contributed by atoms with Gasteiger partial charge in [-0.05, 0) is 26.3 Å². The van der Waals surface area contributed by atoms with Crippen LogP contribution in [0, 0.1) is 11.8 Å². The lowest BCUT2D eigenvalue weighted by atomic mass is 10.0. The first kappa shape index (κ1) is 17.9. The largest absolute Gasteiger partial charge is 0.481 e. The summed E-state index contributed by atoms with van der Waals surface area (Å²) in [6.07, 6.45) is 2.29. The summed E-state index contributed by atoms with van der Waals surface area (Å²) in [6.45, 7) is 9.13. The Balaban J connectivity index is 3.81. The number of carboxylic acid groups (broad SMARTS) is 1. The molecule has 0 aromatic carbocycles. The maximum atomic E-state index is 11.8. The number of amides is 1. The van der Waals surface area contributed by atoms with E-state index in [9.17, 15) is 9.59 Å². The third kappa shape index (κ3) is 8.59. The number of nitrogens with one attached hydrogen (secondary N) is 2.